The molecule has 2 N–H and O–H groups in total. The van der Waals surface area contributed by atoms with Gasteiger partial charge in [0.25, 0.3) is 0 Å². The van der Waals surface area contributed by atoms with E-state index in [4.69, 9.17) is 14.6 Å². The average molecular weight is 408 g/mol. The highest BCUT2D eigenvalue weighted by molar-refractivity contribution is 9.10. The number of hydrogen-bond acceptors (Lipinski definition) is 4. The summed E-state index contributed by atoms with van der Waals surface area (Å²) in [6, 6.07) is 8.81. The molecule has 2 rings (SSSR count). The number of hydrogen-bond donors (Lipinski definition) is 2. The van der Waals surface area contributed by atoms with Gasteiger partial charge in [-0.15, -0.1) is 0 Å². The molecule has 0 aliphatic heterocycles. The Balaban J connectivity index is 2.26. The van der Waals surface area contributed by atoms with E-state index in [0.717, 1.165) is 27.7 Å². The summed E-state index contributed by atoms with van der Waals surface area (Å²) < 4.78 is 12.2. The Morgan fingerprint density at radius 2 is 2.04 bits per heavy atom. The van der Waals surface area contributed by atoms with Crippen LogP contribution in [0.3, 0.4) is 0 Å². The molecule has 2 aromatic carbocycles. The lowest BCUT2D eigenvalue weighted by atomic mass is 10.1. The third-order valence-corrected chi connectivity index (χ3v) is 4.51. The van der Waals surface area contributed by atoms with Gasteiger partial charge in [-0.2, -0.15) is 0 Å². The molecule has 0 heterocycles. The Labute approximate surface area is 156 Å². The van der Waals surface area contributed by atoms with Crippen molar-refractivity contribution < 1.29 is 19.4 Å². The first kappa shape index (κ1) is 19.1. The van der Waals surface area contributed by atoms with E-state index in [1.54, 1.807) is 25.3 Å². The minimum Gasteiger partial charge on any atom is -0.493 e. The number of aromatic carboxylic acids is 1. The van der Waals surface area contributed by atoms with Crippen molar-refractivity contribution in [3.8, 4) is 11.5 Å². The minimum atomic E-state index is -0.930. The Kier molecular flexibility index (Phi) is 6.70. The molecule has 0 spiro atoms. The van der Waals surface area contributed by atoms with Crippen molar-refractivity contribution in [3.63, 3.8) is 0 Å². The molecule has 134 valence electrons. The fraction of sp³-hybridized carbons (Fsp3) is 0.316. The van der Waals surface area contributed by atoms with Gasteiger partial charge in [0.1, 0.15) is 0 Å². The van der Waals surface area contributed by atoms with Gasteiger partial charge >= 0.3 is 5.97 Å². The largest absolute Gasteiger partial charge is 0.493 e. The molecule has 6 heteroatoms. The summed E-state index contributed by atoms with van der Waals surface area (Å²) in [5, 5.41) is 12.4. The third kappa shape index (κ3) is 4.66. The second-order valence-electron chi connectivity index (χ2n) is 5.59. The molecule has 0 saturated heterocycles. The fourth-order valence-corrected chi connectivity index (χ4v) is 2.90. The number of rotatable bonds is 8. The maximum atomic E-state index is 11.0. The smallest absolute Gasteiger partial charge is 0.335 e. The Bertz CT molecular complexity index is 761. The van der Waals surface area contributed by atoms with E-state index in [1.165, 1.54) is 0 Å². The van der Waals surface area contributed by atoms with Gasteiger partial charge in [-0.25, -0.2) is 4.79 Å². The van der Waals surface area contributed by atoms with E-state index < -0.39 is 5.97 Å². The van der Waals surface area contributed by atoms with Crippen LogP contribution in [0.15, 0.2) is 34.8 Å². The summed E-state index contributed by atoms with van der Waals surface area (Å²) >= 11 is 3.57. The second kappa shape index (κ2) is 8.76. The number of ether oxygens (including phenoxy) is 2. The number of anilines is 1. The molecule has 0 aliphatic rings. The van der Waals surface area contributed by atoms with Gasteiger partial charge in [0.15, 0.2) is 11.5 Å². The molecule has 0 bridgehead atoms. The van der Waals surface area contributed by atoms with Crippen molar-refractivity contribution in [3.05, 3.63) is 51.5 Å². The molecule has 0 aliphatic carbocycles. The first-order valence-electron chi connectivity index (χ1n) is 8.03. The van der Waals surface area contributed by atoms with Gasteiger partial charge in [-0.1, -0.05) is 22.9 Å². The van der Waals surface area contributed by atoms with Crippen LogP contribution < -0.4 is 14.8 Å². The molecule has 0 saturated carbocycles. The Morgan fingerprint density at radius 3 is 2.64 bits per heavy atom. The fourth-order valence-electron chi connectivity index (χ4n) is 2.45. The van der Waals surface area contributed by atoms with Gasteiger partial charge < -0.3 is 19.9 Å². The zero-order valence-electron chi connectivity index (χ0n) is 14.6. The van der Waals surface area contributed by atoms with Crippen LogP contribution in [0.1, 0.15) is 34.8 Å². The summed E-state index contributed by atoms with van der Waals surface area (Å²) in [5.41, 5.74) is 2.98. The average Bonchev–Trinajstić information content (AvgIpc) is 2.59. The highest BCUT2D eigenvalue weighted by Gasteiger charge is 2.15. The van der Waals surface area contributed by atoms with E-state index in [9.17, 15) is 4.79 Å². The van der Waals surface area contributed by atoms with Crippen LogP contribution in [0.5, 0.6) is 11.5 Å². The van der Waals surface area contributed by atoms with Crippen LogP contribution in [-0.4, -0.2) is 24.8 Å². The predicted molar refractivity (Wildman–Crippen MR) is 102 cm³/mol. The summed E-state index contributed by atoms with van der Waals surface area (Å²) in [5.74, 6) is 0.470. The lowest BCUT2D eigenvalue weighted by Gasteiger charge is -2.18. The summed E-state index contributed by atoms with van der Waals surface area (Å²) in [6.45, 7) is 5.05. The highest BCUT2D eigenvalue weighted by atomic mass is 79.9. The quantitative estimate of drug-likeness (QED) is 0.653. The molecule has 0 fully saturated rings. The van der Waals surface area contributed by atoms with Crippen LogP contribution >= 0.6 is 15.9 Å². The van der Waals surface area contributed by atoms with Crippen molar-refractivity contribution in [2.75, 3.05) is 19.0 Å². The van der Waals surface area contributed by atoms with Gasteiger partial charge in [-0.05, 0) is 49.2 Å². The van der Waals surface area contributed by atoms with Gasteiger partial charge in [-0.3, -0.25) is 0 Å². The van der Waals surface area contributed by atoms with Gasteiger partial charge in [0, 0.05) is 22.3 Å². The van der Waals surface area contributed by atoms with Crippen molar-refractivity contribution in [1.82, 2.24) is 0 Å². The van der Waals surface area contributed by atoms with Crippen LogP contribution in [0.2, 0.25) is 0 Å². The van der Waals surface area contributed by atoms with Crippen LogP contribution in [0, 0.1) is 6.92 Å². The van der Waals surface area contributed by atoms with E-state index >= 15 is 0 Å². The number of benzene rings is 2. The number of carbonyl (C=O) groups is 1. The zero-order chi connectivity index (χ0) is 18.4. The minimum absolute atomic E-state index is 0.276. The topological polar surface area (TPSA) is 67.8 Å². The first-order chi connectivity index (χ1) is 12.0. The van der Waals surface area contributed by atoms with Crippen LogP contribution in [0.25, 0.3) is 0 Å². The van der Waals surface area contributed by atoms with Crippen molar-refractivity contribution in [2.45, 2.75) is 26.8 Å². The van der Waals surface area contributed by atoms with E-state index in [0.29, 0.717) is 24.7 Å². The summed E-state index contributed by atoms with van der Waals surface area (Å²) in [4.78, 5) is 11.0. The van der Waals surface area contributed by atoms with Gasteiger partial charge in [0.2, 0.25) is 0 Å². The molecular formula is C19H22BrNO4. The lowest BCUT2D eigenvalue weighted by molar-refractivity contribution is 0.0697. The molecule has 0 aromatic heterocycles. The summed E-state index contributed by atoms with van der Waals surface area (Å²) in [7, 11) is 1.62. The monoisotopic (exact) mass is 407 g/mol. The number of carboxylic acid groups (broad SMARTS) is 1. The Morgan fingerprint density at radius 1 is 1.28 bits per heavy atom. The molecular weight excluding hydrogens is 386 g/mol. The summed E-state index contributed by atoms with van der Waals surface area (Å²) in [6.07, 6.45) is 0.901. The molecule has 2 aromatic rings. The molecule has 5 nitrogen and oxygen atoms in total. The van der Waals surface area contributed by atoms with Crippen molar-refractivity contribution >= 4 is 27.6 Å². The number of halogens is 1. The SMILES string of the molecule is CCCOc1c(OC)ccc(Br)c1CNc1ccc(C(=O)O)cc1C. The first-order valence-corrected chi connectivity index (χ1v) is 8.83. The maximum absolute atomic E-state index is 11.0. The molecule has 0 amide bonds. The lowest BCUT2D eigenvalue weighted by Crippen LogP contribution is -2.07. The molecule has 0 unspecified atom stereocenters. The van der Waals surface area contributed by atoms with E-state index in [-0.39, 0.29) is 5.56 Å². The molecule has 0 radical (unpaired) electrons. The second-order valence-corrected chi connectivity index (χ2v) is 6.45. The number of aryl methyl sites for hydroxylation is 1. The third-order valence-electron chi connectivity index (χ3n) is 3.77. The van der Waals surface area contributed by atoms with Gasteiger partial charge in [0.05, 0.1) is 19.3 Å². The van der Waals surface area contributed by atoms with Crippen molar-refractivity contribution in [2.24, 2.45) is 0 Å². The number of nitrogens with one attached hydrogen (secondary N) is 1. The molecule has 0 atom stereocenters. The number of carboxylic acids is 1. The predicted octanol–water partition coefficient (Wildman–Crippen LogP) is 4.87. The molecule has 25 heavy (non-hydrogen) atoms. The van der Waals surface area contributed by atoms with E-state index in [1.807, 2.05) is 19.1 Å². The normalized spacial score (nSPS) is 10.4. The Hall–Kier alpha value is -2.21. The van der Waals surface area contributed by atoms with E-state index in [2.05, 4.69) is 28.2 Å². The van der Waals surface area contributed by atoms with Crippen LogP contribution in [0.4, 0.5) is 5.69 Å². The number of methoxy groups -OCH3 is 1. The standard InChI is InChI=1S/C19H22BrNO4/c1-4-9-25-18-14(15(20)6-8-17(18)24-3)11-21-16-7-5-13(19(22)23)10-12(16)2/h5-8,10,21H,4,9,11H2,1-3H3,(H,22,23). The highest BCUT2D eigenvalue weighted by Crippen LogP contribution is 2.37. The van der Waals surface area contributed by atoms with Crippen molar-refractivity contribution in [1.29, 1.82) is 0 Å². The maximum Gasteiger partial charge on any atom is 0.335 e. The zero-order valence-corrected chi connectivity index (χ0v) is 16.1. The van der Waals surface area contributed by atoms with Crippen LogP contribution in [-0.2, 0) is 6.54 Å².